The highest BCUT2D eigenvalue weighted by Crippen LogP contribution is 2.31. The van der Waals surface area contributed by atoms with E-state index < -0.39 is 6.10 Å². The lowest BCUT2D eigenvalue weighted by Gasteiger charge is -2.35. The van der Waals surface area contributed by atoms with Gasteiger partial charge in [0, 0.05) is 6.07 Å². The number of nitrogens with one attached hydrogen (secondary N) is 2. The minimum absolute atomic E-state index is 0.0731. The van der Waals surface area contributed by atoms with Gasteiger partial charge in [-0.05, 0) is 19.1 Å². The fraction of sp³-hybridized carbons (Fsp3) is 0.421. The second-order valence-corrected chi connectivity index (χ2v) is 6.99. The summed E-state index contributed by atoms with van der Waals surface area (Å²) in [4.78, 5) is 27.8. The molecule has 0 bridgehead atoms. The molecule has 4 rings (SSSR count). The summed E-state index contributed by atoms with van der Waals surface area (Å²) in [6, 6.07) is 9.01. The van der Waals surface area contributed by atoms with Crippen LogP contribution in [0.1, 0.15) is 5.76 Å². The van der Waals surface area contributed by atoms with Crippen molar-refractivity contribution in [3.05, 3.63) is 36.1 Å². The number of carbonyl (C=O) groups is 2. The van der Waals surface area contributed by atoms with E-state index in [9.17, 15) is 9.59 Å². The standard InChI is InChI=1S/C19H22N4O5/c1-13-10-17(21-28-13)20-18(24)11-22-6-8-23(9-7-22)19(25)16-12-26-14-4-2-3-5-15(14)27-16/h2-5,10,16H,6-9,11-12H2,1H3,(H,20,21,24)/p+1/t16-/m1/s1. The Hall–Kier alpha value is -3.07. The third kappa shape index (κ3) is 4.09. The number of nitrogens with zero attached hydrogens (tertiary/aromatic N) is 2. The first-order valence-corrected chi connectivity index (χ1v) is 9.32. The number of piperazine rings is 1. The number of hydrogen-bond acceptors (Lipinski definition) is 6. The predicted molar refractivity (Wildman–Crippen MR) is 98.4 cm³/mol. The van der Waals surface area contributed by atoms with Crippen LogP contribution >= 0.6 is 0 Å². The molecular formula is C19H23N4O5+. The molecule has 3 heterocycles. The molecule has 1 atom stereocenters. The molecule has 2 aliphatic heterocycles. The third-order valence-electron chi connectivity index (χ3n) is 4.87. The maximum absolute atomic E-state index is 12.7. The van der Waals surface area contributed by atoms with Gasteiger partial charge in [0.25, 0.3) is 11.8 Å². The quantitative estimate of drug-likeness (QED) is 0.733. The number of ether oxygens (including phenoxy) is 2. The van der Waals surface area contributed by atoms with Crippen LogP contribution in [0.2, 0.25) is 0 Å². The normalized spacial score (nSPS) is 19.3. The van der Waals surface area contributed by atoms with Crippen molar-refractivity contribution in [3.63, 3.8) is 0 Å². The number of aryl methyl sites for hydroxylation is 1. The minimum atomic E-state index is -0.629. The van der Waals surface area contributed by atoms with Gasteiger partial charge in [0.1, 0.15) is 12.4 Å². The summed E-state index contributed by atoms with van der Waals surface area (Å²) in [7, 11) is 0. The van der Waals surface area contributed by atoms with Crippen molar-refractivity contribution in [3.8, 4) is 11.5 Å². The SMILES string of the molecule is Cc1cc(NC(=O)C[NH+]2CCN(C(=O)[C@H]3COc4ccccc4O3)CC2)no1. The highest BCUT2D eigenvalue weighted by Gasteiger charge is 2.34. The largest absolute Gasteiger partial charge is 0.485 e. The van der Waals surface area contributed by atoms with Gasteiger partial charge in [-0.1, -0.05) is 17.3 Å². The van der Waals surface area contributed by atoms with Crippen molar-refractivity contribution in [2.24, 2.45) is 0 Å². The molecule has 0 unspecified atom stereocenters. The van der Waals surface area contributed by atoms with Gasteiger partial charge < -0.3 is 29.1 Å². The summed E-state index contributed by atoms with van der Waals surface area (Å²) in [6.07, 6.45) is -0.629. The molecule has 2 amide bonds. The summed E-state index contributed by atoms with van der Waals surface area (Å²) in [5, 5.41) is 6.48. The number of benzene rings is 1. The van der Waals surface area contributed by atoms with Gasteiger partial charge >= 0.3 is 0 Å². The summed E-state index contributed by atoms with van der Waals surface area (Å²) in [5.74, 6) is 2.13. The molecule has 0 aliphatic carbocycles. The van der Waals surface area contributed by atoms with Crippen LogP contribution in [0.3, 0.4) is 0 Å². The molecule has 28 heavy (non-hydrogen) atoms. The van der Waals surface area contributed by atoms with E-state index in [2.05, 4.69) is 10.5 Å². The number of fused-ring (bicyclic) bond motifs is 1. The smallest absolute Gasteiger partial charge is 0.280 e. The van der Waals surface area contributed by atoms with Gasteiger partial charge in [0.15, 0.2) is 23.9 Å². The van der Waals surface area contributed by atoms with E-state index in [0.717, 1.165) is 4.90 Å². The van der Waals surface area contributed by atoms with Crippen molar-refractivity contribution >= 4 is 17.6 Å². The van der Waals surface area contributed by atoms with Crippen LogP contribution in [0.15, 0.2) is 34.9 Å². The predicted octanol–water partition coefficient (Wildman–Crippen LogP) is -0.511. The number of carbonyl (C=O) groups excluding carboxylic acids is 2. The van der Waals surface area contributed by atoms with E-state index in [0.29, 0.717) is 55.8 Å². The van der Waals surface area contributed by atoms with Gasteiger partial charge in [0.05, 0.1) is 26.2 Å². The second kappa shape index (κ2) is 7.89. The van der Waals surface area contributed by atoms with Crippen molar-refractivity contribution < 1.29 is 28.5 Å². The first-order valence-electron chi connectivity index (χ1n) is 9.32. The average Bonchev–Trinajstić information content (AvgIpc) is 3.12. The van der Waals surface area contributed by atoms with Gasteiger partial charge in [-0.15, -0.1) is 0 Å². The Morgan fingerprint density at radius 2 is 2.00 bits per heavy atom. The zero-order valence-corrected chi connectivity index (χ0v) is 15.6. The molecular weight excluding hydrogens is 364 g/mol. The van der Waals surface area contributed by atoms with Crippen molar-refractivity contribution in [1.29, 1.82) is 0 Å². The molecule has 1 aromatic heterocycles. The lowest BCUT2D eigenvalue weighted by Crippen LogP contribution is -3.15. The molecule has 9 nitrogen and oxygen atoms in total. The first kappa shape index (κ1) is 18.3. The minimum Gasteiger partial charge on any atom is -0.485 e. The Morgan fingerprint density at radius 1 is 1.25 bits per heavy atom. The van der Waals surface area contributed by atoms with Crippen LogP contribution in [0.4, 0.5) is 5.82 Å². The van der Waals surface area contributed by atoms with Gasteiger partial charge in [0.2, 0.25) is 6.10 Å². The summed E-state index contributed by atoms with van der Waals surface area (Å²) < 4.78 is 16.4. The van der Waals surface area contributed by atoms with Crippen LogP contribution in [0.25, 0.3) is 0 Å². The lowest BCUT2D eigenvalue weighted by molar-refractivity contribution is -0.895. The maximum atomic E-state index is 12.7. The molecule has 0 spiro atoms. The lowest BCUT2D eigenvalue weighted by atomic mass is 10.2. The first-order chi connectivity index (χ1) is 13.6. The molecule has 1 saturated heterocycles. The Balaban J connectivity index is 1.25. The Labute approximate surface area is 162 Å². The van der Waals surface area contributed by atoms with Gasteiger partial charge in [-0.3, -0.25) is 9.59 Å². The van der Waals surface area contributed by atoms with E-state index in [4.69, 9.17) is 14.0 Å². The summed E-state index contributed by atoms with van der Waals surface area (Å²) in [6.45, 7) is 4.84. The number of anilines is 1. The number of amides is 2. The molecule has 2 N–H and O–H groups in total. The topological polar surface area (TPSA) is 98.3 Å². The Kier molecular flexibility index (Phi) is 5.16. The fourth-order valence-corrected chi connectivity index (χ4v) is 3.40. The number of rotatable bonds is 4. The highest BCUT2D eigenvalue weighted by molar-refractivity contribution is 5.90. The van der Waals surface area contributed by atoms with Crippen LogP contribution in [-0.2, 0) is 9.59 Å². The molecule has 2 aliphatic rings. The molecule has 1 fully saturated rings. The van der Waals surface area contributed by atoms with Gasteiger partial charge in [-0.25, -0.2) is 0 Å². The van der Waals surface area contributed by atoms with Crippen molar-refractivity contribution in [1.82, 2.24) is 10.1 Å². The monoisotopic (exact) mass is 387 g/mol. The fourth-order valence-electron chi connectivity index (χ4n) is 3.40. The maximum Gasteiger partial charge on any atom is 0.280 e. The summed E-state index contributed by atoms with van der Waals surface area (Å²) >= 11 is 0. The molecule has 148 valence electrons. The summed E-state index contributed by atoms with van der Waals surface area (Å²) in [5.41, 5.74) is 0. The molecule has 1 aromatic carbocycles. The molecule has 0 radical (unpaired) electrons. The molecule has 9 heteroatoms. The van der Waals surface area contributed by atoms with Crippen LogP contribution in [0.5, 0.6) is 11.5 Å². The van der Waals surface area contributed by atoms with Crippen LogP contribution in [-0.4, -0.2) is 67.3 Å². The number of aromatic nitrogens is 1. The van der Waals surface area contributed by atoms with Crippen LogP contribution < -0.4 is 19.7 Å². The van der Waals surface area contributed by atoms with Crippen LogP contribution in [0, 0.1) is 6.92 Å². The number of para-hydroxylation sites is 2. The van der Waals surface area contributed by atoms with E-state index >= 15 is 0 Å². The average molecular weight is 387 g/mol. The number of hydrogen-bond donors (Lipinski definition) is 2. The van der Waals surface area contributed by atoms with E-state index in [-0.39, 0.29) is 18.4 Å². The van der Waals surface area contributed by atoms with Crippen molar-refractivity contribution in [2.45, 2.75) is 13.0 Å². The Bertz CT molecular complexity index is 860. The van der Waals surface area contributed by atoms with Crippen molar-refractivity contribution in [2.75, 3.05) is 44.6 Å². The number of quaternary nitrogens is 1. The zero-order valence-electron chi connectivity index (χ0n) is 15.6. The third-order valence-corrected chi connectivity index (χ3v) is 4.87. The highest BCUT2D eigenvalue weighted by atomic mass is 16.6. The van der Waals surface area contributed by atoms with E-state index in [1.54, 1.807) is 24.0 Å². The van der Waals surface area contributed by atoms with E-state index in [1.165, 1.54) is 0 Å². The van der Waals surface area contributed by atoms with E-state index in [1.807, 2.05) is 18.2 Å². The Morgan fingerprint density at radius 3 is 2.71 bits per heavy atom. The molecule has 2 aromatic rings. The molecule has 0 saturated carbocycles. The second-order valence-electron chi connectivity index (χ2n) is 6.99. The zero-order chi connectivity index (χ0) is 19.5. The van der Waals surface area contributed by atoms with Gasteiger partial charge in [-0.2, -0.15) is 0 Å².